The average molecular weight is 291 g/mol. The zero-order chi connectivity index (χ0) is 13.2. The number of carbonyl (C=O) groups excluding carboxylic acids is 1. The van der Waals surface area contributed by atoms with E-state index in [2.05, 4.69) is 6.07 Å². The van der Waals surface area contributed by atoms with Crippen molar-refractivity contribution in [2.75, 3.05) is 0 Å². The molecule has 19 heavy (non-hydrogen) atoms. The predicted octanol–water partition coefficient (Wildman–Crippen LogP) is 4.79. The molecule has 1 aromatic heterocycles. The summed E-state index contributed by atoms with van der Waals surface area (Å²) in [6.07, 6.45) is 4.70. The van der Waals surface area contributed by atoms with E-state index >= 15 is 0 Å². The Hall–Kier alpha value is -1.12. The highest BCUT2D eigenvalue weighted by atomic mass is 35.5. The van der Waals surface area contributed by atoms with Gasteiger partial charge in [0.25, 0.3) is 0 Å². The number of aryl methyl sites for hydroxylation is 2. The molecule has 0 radical (unpaired) electrons. The van der Waals surface area contributed by atoms with Gasteiger partial charge in [-0.05, 0) is 42.9 Å². The van der Waals surface area contributed by atoms with Crippen molar-refractivity contribution in [1.29, 1.82) is 0 Å². The Morgan fingerprint density at radius 2 is 1.89 bits per heavy atom. The molecule has 0 bridgehead atoms. The summed E-state index contributed by atoms with van der Waals surface area (Å²) in [6, 6.07) is 11.6. The average Bonchev–Trinajstić information content (AvgIpc) is 2.90. The minimum Gasteiger partial charge on any atom is -0.291 e. The van der Waals surface area contributed by atoms with Gasteiger partial charge in [0.2, 0.25) is 0 Å². The molecule has 1 heterocycles. The summed E-state index contributed by atoms with van der Waals surface area (Å²) in [5.41, 5.74) is 2.23. The second-order valence-electron chi connectivity index (χ2n) is 4.90. The second-order valence-corrected chi connectivity index (χ2v) is 6.48. The van der Waals surface area contributed by atoms with E-state index in [0.717, 1.165) is 23.3 Å². The van der Waals surface area contributed by atoms with Gasteiger partial charge in [-0.25, -0.2) is 0 Å². The van der Waals surface area contributed by atoms with E-state index in [1.807, 2.05) is 30.3 Å². The van der Waals surface area contributed by atoms with Gasteiger partial charge in [-0.1, -0.05) is 30.3 Å². The number of rotatable bonds is 3. The van der Waals surface area contributed by atoms with Gasteiger partial charge in [0.1, 0.15) is 5.38 Å². The first-order valence-corrected chi connectivity index (χ1v) is 7.86. The minimum atomic E-state index is -0.568. The third-order valence-electron chi connectivity index (χ3n) is 3.56. The van der Waals surface area contributed by atoms with Crippen molar-refractivity contribution >= 4 is 28.7 Å². The maximum atomic E-state index is 12.4. The topological polar surface area (TPSA) is 17.1 Å². The second kappa shape index (κ2) is 5.48. The van der Waals surface area contributed by atoms with E-state index < -0.39 is 5.38 Å². The number of Topliss-reactive ketones (excluding diaryl/α,β-unsaturated/α-hetero) is 1. The third kappa shape index (κ3) is 2.60. The number of alkyl halides is 1. The molecule has 0 fully saturated rings. The molecule has 2 aromatic rings. The van der Waals surface area contributed by atoms with Crippen molar-refractivity contribution in [2.24, 2.45) is 0 Å². The van der Waals surface area contributed by atoms with Gasteiger partial charge in [-0.2, -0.15) is 0 Å². The number of carbonyl (C=O) groups is 1. The molecule has 1 unspecified atom stereocenters. The Bertz CT molecular complexity index is 565. The maximum absolute atomic E-state index is 12.4. The van der Waals surface area contributed by atoms with E-state index in [-0.39, 0.29) is 5.78 Å². The van der Waals surface area contributed by atoms with Crippen LogP contribution in [0.15, 0.2) is 36.4 Å². The van der Waals surface area contributed by atoms with Gasteiger partial charge < -0.3 is 0 Å². The van der Waals surface area contributed by atoms with Crippen molar-refractivity contribution in [3.8, 4) is 0 Å². The lowest BCUT2D eigenvalue weighted by Crippen LogP contribution is -2.05. The zero-order valence-corrected chi connectivity index (χ0v) is 12.1. The van der Waals surface area contributed by atoms with E-state index in [0.29, 0.717) is 0 Å². The van der Waals surface area contributed by atoms with Crippen LogP contribution in [0.3, 0.4) is 0 Å². The standard InChI is InChI=1S/C16H15ClOS/c17-15(11-6-2-1-3-7-11)16(18)14-10-12-8-4-5-9-13(12)19-14/h1-3,6-7,10,15H,4-5,8-9H2. The summed E-state index contributed by atoms with van der Waals surface area (Å²) in [6.45, 7) is 0. The van der Waals surface area contributed by atoms with Crippen LogP contribution in [0.25, 0.3) is 0 Å². The Morgan fingerprint density at radius 1 is 1.16 bits per heavy atom. The maximum Gasteiger partial charge on any atom is 0.195 e. The predicted molar refractivity (Wildman–Crippen MR) is 80.3 cm³/mol. The van der Waals surface area contributed by atoms with E-state index in [9.17, 15) is 4.79 Å². The molecule has 0 N–H and O–H groups in total. The Labute approximate surface area is 122 Å². The molecular formula is C16H15ClOS. The Balaban J connectivity index is 1.86. The summed E-state index contributed by atoms with van der Waals surface area (Å²) >= 11 is 7.94. The van der Waals surface area contributed by atoms with Gasteiger partial charge >= 0.3 is 0 Å². The number of ketones is 1. The van der Waals surface area contributed by atoms with Crippen LogP contribution in [0, 0.1) is 0 Å². The van der Waals surface area contributed by atoms with E-state index in [1.165, 1.54) is 23.3 Å². The summed E-state index contributed by atoms with van der Waals surface area (Å²) in [4.78, 5) is 14.6. The molecule has 0 spiro atoms. The lowest BCUT2D eigenvalue weighted by molar-refractivity contribution is 0.0991. The largest absolute Gasteiger partial charge is 0.291 e. The summed E-state index contributed by atoms with van der Waals surface area (Å²) in [5, 5.41) is -0.568. The smallest absolute Gasteiger partial charge is 0.195 e. The van der Waals surface area contributed by atoms with Crippen LogP contribution in [-0.4, -0.2) is 5.78 Å². The highest BCUT2D eigenvalue weighted by molar-refractivity contribution is 7.14. The molecule has 0 saturated heterocycles. The number of halogens is 1. The van der Waals surface area contributed by atoms with Crippen molar-refractivity contribution in [1.82, 2.24) is 0 Å². The van der Waals surface area contributed by atoms with Crippen LogP contribution in [0.1, 0.15) is 43.9 Å². The van der Waals surface area contributed by atoms with Crippen LogP contribution in [-0.2, 0) is 12.8 Å². The van der Waals surface area contributed by atoms with Crippen molar-refractivity contribution < 1.29 is 4.79 Å². The highest BCUT2D eigenvalue weighted by Crippen LogP contribution is 2.33. The first-order chi connectivity index (χ1) is 9.25. The fourth-order valence-electron chi connectivity index (χ4n) is 2.51. The molecule has 0 aliphatic heterocycles. The Morgan fingerprint density at radius 3 is 2.63 bits per heavy atom. The molecule has 1 nitrogen and oxygen atoms in total. The Kier molecular flexibility index (Phi) is 3.72. The number of hydrogen-bond donors (Lipinski definition) is 0. The minimum absolute atomic E-state index is 0.0345. The monoisotopic (exact) mass is 290 g/mol. The lowest BCUT2D eigenvalue weighted by Gasteiger charge is -2.08. The molecular weight excluding hydrogens is 276 g/mol. The SMILES string of the molecule is O=C(c1cc2c(s1)CCCC2)C(Cl)c1ccccc1. The molecule has 0 amide bonds. The van der Waals surface area contributed by atoms with Gasteiger partial charge in [-0.15, -0.1) is 22.9 Å². The fourth-order valence-corrected chi connectivity index (χ4v) is 4.06. The third-order valence-corrected chi connectivity index (χ3v) is 5.26. The number of hydrogen-bond acceptors (Lipinski definition) is 2. The zero-order valence-electron chi connectivity index (χ0n) is 10.6. The first-order valence-electron chi connectivity index (χ1n) is 6.60. The van der Waals surface area contributed by atoms with Crippen LogP contribution in [0.4, 0.5) is 0 Å². The van der Waals surface area contributed by atoms with Gasteiger partial charge in [0.05, 0.1) is 4.88 Å². The summed E-state index contributed by atoms with van der Waals surface area (Å²) < 4.78 is 0. The quantitative estimate of drug-likeness (QED) is 0.587. The number of benzene rings is 1. The molecule has 1 aliphatic rings. The van der Waals surface area contributed by atoms with Crippen molar-refractivity contribution in [3.63, 3.8) is 0 Å². The molecule has 1 aliphatic carbocycles. The van der Waals surface area contributed by atoms with Crippen LogP contribution >= 0.6 is 22.9 Å². The van der Waals surface area contributed by atoms with Crippen molar-refractivity contribution in [3.05, 3.63) is 57.3 Å². The van der Waals surface area contributed by atoms with Crippen LogP contribution in [0.5, 0.6) is 0 Å². The fraction of sp³-hybridized carbons (Fsp3) is 0.312. The van der Waals surface area contributed by atoms with E-state index in [4.69, 9.17) is 11.6 Å². The van der Waals surface area contributed by atoms with Crippen LogP contribution < -0.4 is 0 Å². The number of thiophene rings is 1. The number of fused-ring (bicyclic) bond motifs is 1. The molecule has 98 valence electrons. The first kappa shape index (κ1) is 12.9. The molecule has 1 aromatic carbocycles. The van der Waals surface area contributed by atoms with Gasteiger partial charge in [-0.3, -0.25) is 4.79 Å². The van der Waals surface area contributed by atoms with Crippen LogP contribution in [0.2, 0.25) is 0 Å². The van der Waals surface area contributed by atoms with E-state index in [1.54, 1.807) is 11.3 Å². The van der Waals surface area contributed by atoms with Crippen molar-refractivity contribution in [2.45, 2.75) is 31.1 Å². The summed E-state index contributed by atoms with van der Waals surface area (Å²) in [5.74, 6) is 0.0345. The van der Waals surface area contributed by atoms with Gasteiger partial charge in [0.15, 0.2) is 5.78 Å². The molecule has 0 saturated carbocycles. The lowest BCUT2D eigenvalue weighted by atomic mass is 9.98. The van der Waals surface area contributed by atoms with Gasteiger partial charge in [0, 0.05) is 4.88 Å². The highest BCUT2D eigenvalue weighted by Gasteiger charge is 2.23. The summed E-state index contributed by atoms with van der Waals surface area (Å²) in [7, 11) is 0. The normalized spacial score (nSPS) is 15.8. The molecule has 3 heteroatoms. The molecule has 3 rings (SSSR count). The molecule has 1 atom stereocenters.